The lowest BCUT2D eigenvalue weighted by molar-refractivity contribution is 0.119. The number of likely N-dealkylation sites (N-methyl/N-ethyl adjacent to an activating group) is 1. The highest BCUT2D eigenvalue weighted by molar-refractivity contribution is 5.93. The van der Waals surface area contributed by atoms with Crippen molar-refractivity contribution in [2.24, 2.45) is 0 Å². The van der Waals surface area contributed by atoms with Crippen LogP contribution in [0.4, 0.5) is 16.3 Å². The van der Waals surface area contributed by atoms with Crippen LogP contribution in [0.2, 0.25) is 0 Å². The van der Waals surface area contributed by atoms with Gasteiger partial charge in [-0.15, -0.1) is 0 Å². The van der Waals surface area contributed by atoms with Crippen molar-refractivity contribution < 1.29 is 14.6 Å². The summed E-state index contributed by atoms with van der Waals surface area (Å²) in [5, 5.41) is 21.3. The summed E-state index contributed by atoms with van der Waals surface area (Å²) in [5.74, 6) is 0.798. The number of carbonyl (C=O) groups is 1. The Morgan fingerprint density at radius 1 is 1.15 bits per heavy atom. The van der Waals surface area contributed by atoms with Gasteiger partial charge in [-0.25, -0.2) is 4.79 Å². The molecule has 2 fully saturated rings. The fourth-order valence-corrected chi connectivity index (χ4v) is 6.23. The number of fused-ring (bicyclic) bond motifs is 2. The number of piperazine rings is 1. The Kier molecular flexibility index (Phi) is 7.26. The molecule has 1 aromatic carbocycles. The summed E-state index contributed by atoms with van der Waals surface area (Å²) < 4.78 is 6.23. The molecule has 3 aliphatic heterocycles. The van der Waals surface area contributed by atoms with E-state index in [-0.39, 0.29) is 6.42 Å². The van der Waals surface area contributed by atoms with Crippen LogP contribution in [0, 0.1) is 11.3 Å². The second-order valence-electron chi connectivity index (χ2n) is 10.8. The van der Waals surface area contributed by atoms with Crippen LogP contribution in [0.1, 0.15) is 30.5 Å². The third kappa shape index (κ3) is 5.07. The van der Waals surface area contributed by atoms with Crippen molar-refractivity contribution in [2.45, 2.75) is 44.3 Å². The molecule has 1 amide bonds. The highest BCUT2D eigenvalue weighted by Crippen LogP contribution is 2.34. The normalized spacial score (nSPS) is 21.4. The van der Waals surface area contributed by atoms with Crippen LogP contribution in [-0.2, 0) is 13.0 Å². The third-order valence-corrected chi connectivity index (χ3v) is 8.46. The maximum atomic E-state index is 11.8. The van der Waals surface area contributed by atoms with Gasteiger partial charge < -0.3 is 29.4 Å². The first-order valence-electron chi connectivity index (χ1n) is 13.9. The molecule has 0 saturated carbocycles. The van der Waals surface area contributed by atoms with Crippen molar-refractivity contribution in [3.05, 3.63) is 47.9 Å². The van der Waals surface area contributed by atoms with Gasteiger partial charge in [0.2, 0.25) is 0 Å². The second-order valence-corrected chi connectivity index (χ2v) is 10.8. The van der Waals surface area contributed by atoms with Crippen LogP contribution < -0.4 is 14.5 Å². The lowest BCUT2D eigenvalue weighted by Crippen LogP contribution is -2.55. The number of nitriles is 1. The van der Waals surface area contributed by atoms with E-state index >= 15 is 0 Å². The minimum absolute atomic E-state index is 0.135. The molecular weight excluding hydrogens is 508 g/mol. The number of ether oxygens (including phenoxy) is 1. The average molecular weight is 543 g/mol. The number of rotatable bonds is 6. The van der Waals surface area contributed by atoms with Crippen molar-refractivity contribution in [3.63, 3.8) is 0 Å². The second kappa shape index (κ2) is 11.1. The molecule has 0 bridgehead atoms. The van der Waals surface area contributed by atoms with E-state index in [0.29, 0.717) is 44.8 Å². The molecule has 40 heavy (non-hydrogen) atoms. The minimum Gasteiger partial charge on any atom is -0.465 e. The van der Waals surface area contributed by atoms with Crippen molar-refractivity contribution in [1.29, 1.82) is 5.26 Å². The van der Waals surface area contributed by atoms with Crippen LogP contribution in [0.25, 0.3) is 10.8 Å². The van der Waals surface area contributed by atoms with Gasteiger partial charge in [0, 0.05) is 61.3 Å². The molecule has 11 heteroatoms. The quantitative estimate of drug-likeness (QED) is 0.497. The number of pyridine rings is 1. The van der Waals surface area contributed by atoms with Crippen molar-refractivity contribution in [1.82, 2.24) is 24.8 Å². The standard InChI is InChI=1S/C29H34N8O3/c1-34-12-3-5-22(34)19-40-28-32-25-18-35(26-6-2-4-20-8-11-31-16-24(20)26)13-9-23(25)27(33-28)36-14-15-37(29(38)39)21(17-36)7-10-30/h2,4,6,8,11,16,21-22H,3,5,7,9,12-15,17-19H2,1H3,(H,38,39)/t21-,22-/m0/s1. The Morgan fingerprint density at radius 2 is 2.05 bits per heavy atom. The topological polar surface area (TPSA) is 122 Å². The smallest absolute Gasteiger partial charge is 0.407 e. The zero-order valence-electron chi connectivity index (χ0n) is 22.7. The molecule has 0 aliphatic carbocycles. The van der Waals surface area contributed by atoms with Crippen LogP contribution in [0.3, 0.4) is 0 Å². The molecule has 1 N–H and O–H groups in total. The van der Waals surface area contributed by atoms with E-state index in [2.05, 4.69) is 51.0 Å². The summed E-state index contributed by atoms with van der Waals surface area (Å²) in [7, 11) is 2.12. The molecule has 2 aromatic heterocycles. The first-order chi connectivity index (χ1) is 19.5. The van der Waals surface area contributed by atoms with E-state index in [0.717, 1.165) is 65.9 Å². The summed E-state index contributed by atoms with van der Waals surface area (Å²) in [5.41, 5.74) is 3.11. The highest BCUT2D eigenvalue weighted by atomic mass is 16.5. The van der Waals surface area contributed by atoms with Gasteiger partial charge in [0.05, 0.1) is 30.8 Å². The van der Waals surface area contributed by atoms with E-state index in [4.69, 9.17) is 14.7 Å². The molecule has 208 valence electrons. The van der Waals surface area contributed by atoms with Crippen LogP contribution >= 0.6 is 0 Å². The number of benzene rings is 1. The van der Waals surface area contributed by atoms with E-state index in [9.17, 15) is 15.2 Å². The molecule has 11 nitrogen and oxygen atoms in total. The van der Waals surface area contributed by atoms with E-state index in [1.165, 1.54) is 4.90 Å². The molecule has 5 heterocycles. The molecule has 2 atom stereocenters. The monoisotopic (exact) mass is 542 g/mol. The van der Waals surface area contributed by atoms with E-state index in [1.54, 1.807) is 0 Å². The fraction of sp³-hybridized carbons (Fsp3) is 0.483. The Morgan fingerprint density at radius 3 is 2.85 bits per heavy atom. The van der Waals surface area contributed by atoms with Gasteiger partial charge in [-0.2, -0.15) is 15.2 Å². The first kappa shape index (κ1) is 26.1. The van der Waals surface area contributed by atoms with E-state index in [1.807, 2.05) is 18.5 Å². The molecule has 0 spiro atoms. The summed E-state index contributed by atoms with van der Waals surface area (Å²) in [4.78, 5) is 34.1. The molecule has 3 aromatic rings. The highest BCUT2D eigenvalue weighted by Gasteiger charge is 2.34. The largest absolute Gasteiger partial charge is 0.465 e. The minimum atomic E-state index is -0.991. The number of carboxylic acid groups (broad SMARTS) is 1. The number of aromatic nitrogens is 3. The molecular formula is C29H34N8O3. The molecule has 6 rings (SSSR count). The number of nitrogens with zero attached hydrogens (tertiary/aromatic N) is 8. The predicted molar refractivity (Wildman–Crippen MR) is 151 cm³/mol. The fourth-order valence-electron chi connectivity index (χ4n) is 6.23. The van der Waals surface area contributed by atoms with E-state index < -0.39 is 12.1 Å². The third-order valence-electron chi connectivity index (χ3n) is 8.46. The van der Waals surface area contributed by atoms with Gasteiger partial charge in [0.15, 0.2) is 0 Å². The van der Waals surface area contributed by atoms with Gasteiger partial charge in [0.25, 0.3) is 0 Å². The van der Waals surface area contributed by atoms with Gasteiger partial charge in [-0.1, -0.05) is 12.1 Å². The Labute approximate surface area is 233 Å². The van der Waals surface area contributed by atoms with Gasteiger partial charge in [0.1, 0.15) is 12.4 Å². The Balaban J connectivity index is 1.33. The van der Waals surface area contributed by atoms with Gasteiger partial charge in [-0.05, 0) is 50.4 Å². The number of hydrogen-bond acceptors (Lipinski definition) is 9. The molecule has 2 saturated heterocycles. The summed E-state index contributed by atoms with van der Waals surface area (Å²) in [6.45, 7) is 4.22. The van der Waals surface area contributed by atoms with Crippen molar-refractivity contribution in [2.75, 3.05) is 56.2 Å². The van der Waals surface area contributed by atoms with Crippen LogP contribution in [0.5, 0.6) is 6.01 Å². The number of anilines is 2. The number of hydrogen-bond donors (Lipinski definition) is 1. The lowest BCUT2D eigenvalue weighted by Gasteiger charge is -2.41. The molecule has 3 aliphatic rings. The molecule has 0 radical (unpaired) electrons. The SMILES string of the molecule is CN1CCC[C@H]1COc1nc2c(c(N3CCN(C(=O)O)[C@@H](CC#N)C3)n1)CCN(c1cccc3ccncc13)C2. The average Bonchev–Trinajstić information content (AvgIpc) is 3.39. The predicted octanol–water partition coefficient (Wildman–Crippen LogP) is 3.14. The maximum Gasteiger partial charge on any atom is 0.407 e. The summed E-state index contributed by atoms with van der Waals surface area (Å²) in [6.07, 6.45) is 5.86. The van der Waals surface area contributed by atoms with Gasteiger partial charge >= 0.3 is 12.1 Å². The van der Waals surface area contributed by atoms with Crippen LogP contribution in [-0.4, -0.2) is 94.4 Å². The number of amides is 1. The summed E-state index contributed by atoms with van der Waals surface area (Å²) in [6, 6.07) is 10.8. The Bertz CT molecular complexity index is 1440. The zero-order chi connectivity index (χ0) is 27.6. The molecule has 0 unspecified atom stereocenters. The summed E-state index contributed by atoms with van der Waals surface area (Å²) >= 11 is 0. The van der Waals surface area contributed by atoms with Crippen molar-refractivity contribution >= 4 is 28.4 Å². The maximum absolute atomic E-state index is 11.8. The first-order valence-corrected chi connectivity index (χ1v) is 13.9. The lowest BCUT2D eigenvalue weighted by atomic mass is 10.0. The van der Waals surface area contributed by atoms with Gasteiger partial charge in [-0.3, -0.25) is 4.98 Å². The number of likely N-dealkylation sites (tertiary alicyclic amines) is 1. The van der Waals surface area contributed by atoms with Crippen LogP contribution in [0.15, 0.2) is 36.7 Å². The zero-order valence-corrected chi connectivity index (χ0v) is 22.7. The van der Waals surface area contributed by atoms with Crippen molar-refractivity contribution in [3.8, 4) is 12.1 Å². The Hall–Kier alpha value is -4.17.